The molecule has 1 aromatic heterocycles. The zero-order valence-electron chi connectivity index (χ0n) is 7.95. The molecule has 0 aliphatic heterocycles. The lowest BCUT2D eigenvalue weighted by atomic mass is 9.84. The van der Waals surface area contributed by atoms with Crippen LogP contribution in [-0.2, 0) is 0 Å². The molecule has 0 saturated heterocycles. The van der Waals surface area contributed by atoms with Crippen LogP contribution in [0.1, 0.15) is 31.2 Å². The molecular weight excluding hydrogens is 162 g/mol. The fourth-order valence-corrected chi connectivity index (χ4v) is 1.14. The van der Waals surface area contributed by atoms with Gasteiger partial charge in [0.25, 0.3) is 0 Å². The number of hydrogen-bond acceptors (Lipinski definition) is 2. The summed E-state index contributed by atoms with van der Waals surface area (Å²) in [5.41, 5.74) is 1.18. The highest BCUT2D eigenvalue weighted by Gasteiger charge is 2.15. The number of rotatable bonds is 1. The maximum absolute atomic E-state index is 8.15. The molecule has 1 aliphatic carbocycles. The summed E-state index contributed by atoms with van der Waals surface area (Å²) in [5, 5.41) is 14.5. The zero-order chi connectivity index (χ0) is 9.52. The minimum absolute atomic E-state index is 0.769. The van der Waals surface area contributed by atoms with Gasteiger partial charge in [-0.3, -0.25) is 5.10 Å². The molecule has 70 valence electrons. The molecule has 2 rings (SSSR count). The summed E-state index contributed by atoms with van der Waals surface area (Å²) in [4.78, 5) is 0. The average Bonchev–Trinajstić information content (AvgIpc) is 2.49. The van der Waals surface area contributed by atoms with Crippen molar-refractivity contribution < 1.29 is 0 Å². The van der Waals surface area contributed by atoms with Crippen molar-refractivity contribution >= 4 is 0 Å². The van der Waals surface area contributed by atoms with Gasteiger partial charge in [-0.05, 0) is 31.2 Å². The van der Waals surface area contributed by atoms with Crippen LogP contribution in [0, 0.1) is 24.2 Å². The molecule has 0 spiro atoms. The molecule has 1 aliphatic rings. The van der Waals surface area contributed by atoms with E-state index >= 15 is 0 Å². The van der Waals surface area contributed by atoms with Gasteiger partial charge in [0.2, 0.25) is 0 Å². The molecule has 1 saturated carbocycles. The van der Waals surface area contributed by atoms with Gasteiger partial charge in [-0.1, -0.05) is 6.42 Å². The summed E-state index contributed by atoms with van der Waals surface area (Å²) in [5.74, 6) is 0.769. The molecule has 1 aromatic rings. The number of aryl methyl sites for hydroxylation is 1. The van der Waals surface area contributed by atoms with Crippen molar-refractivity contribution in [2.24, 2.45) is 5.92 Å². The van der Waals surface area contributed by atoms with Crippen LogP contribution in [0.2, 0.25) is 0 Å². The first-order chi connectivity index (χ1) is 6.33. The Kier molecular flexibility index (Phi) is 4.04. The Hall–Kier alpha value is -1.30. The third-order valence-electron chi connectivity index (χ3n) is 2.24. The zero-order valence-corrected chi connectivity index (χ0v) is 7.95. The molecule has 0 aromatic carbocycles. The second-order valence-electron chi connectivity index (χ2n) is 3.43. The highest BCUT2D eigenvalue weighted by Crippen LogP contribution is 2.28. The number of aromatic amines is 1. The van der Waals surface area contributed by atoms with Crippen LogP contribution in [-0.4, -0.2) is 10.2 Å². The number of nitriles is 1. The van der Waals surface area contributed by atoms with E-state index in [9.17, 15) is 0 Å². The molecule has 0 unspecified atom stereocenters. The maximum atomic E-state index is 8.15. The van der Waals surface area contributed by atoms with Gasteiger partial charge in [0, 0.05) is 12.6 Å². The minimum Gasteiger partial charge on any atom is -0.285 e. The van der Waals surface area contributed by atoms with E-state index in [-0.39, 0.29) is 0 Å². The predicted molar refractivity (Wildman–Crippen MR) is 50.9 cm³/mol. The number of H-pyrrole nitrogens is 1. The van der Waals surface area contributed by atoms with Gasteiger partial charge in [0.05, 0.1) is 12.3 Å². The smallest absolute Gasteiger partial charge is 0.0624 e. The van der Waals surface area contributed by atoms with E-state index < -0.39 is 0 Å². The quantitative estimate of drug-likeness (QED) is 0.716. The normalized spacial score (nSPS) is 15.1. The van der Waals surface area contributed by atoms with Crippen molar-refractivity contribution in [3.63, 3.8) is 0 Å². The minimum atomic E-state index is 0.769. The Labute approximate surface area is 78.8 Å². The lowest BCUT2D eigenvalue weighted by molar-refractivity contribution is 0.322. The van der Waals surface area contributed by atoms with Crippen molar-refractivity contribution in [3.8, 4) is 6.07 Å². The molecule has 3 heteroatoms. The molecule has 3 nitrogen and oxygen atoms in total. The molecule has 1 N–H and O–H groups in total. The van der Waals surface area contributed by atoms with Crippen LogP contribution >= 0.6 is 0 Å². The summed E-state index contributed by atoms with van der Waals surface area (Å²) >= 11 is 0. The molecule has 0 atom stereocenters. The SMILES string of the molecule is Cc1cn[nH]c1.N#CCC1CCC1. The molecule has 0 bridgehead atoms. The van der Waals surface area contributed by atoms with Crippen molar-refractivity contribution in [3.05, 3.63) is 18.0 Å². The first-order valence-electron chi connectivity index (χ1n) is 4.65. The average molecular weight is 177 g/mol. The summed E-state index contributed by atoms with van der Waals surface area (Å²) in [6, 6.07) is 2.17. The van der Waals surface area contributed by atoms with Crippen LogP contribution < -0.4 is 0 Å². The number of nitrogens with one attached hydrogen (secondary N) is 1. The van der Waals surface area contributed by atoms with Gasteiger partial charge in [0.1, 0.15) is 0 Å². The van der Waals surface area contributed by atoms with Crippen LogP contribution in [0.3, 0.4) is 0 Å². The van der Waals surface area contributed by atoms with E-state index in [1.165, 1.54) is 24.8 Å². The summed E-state index contributed by atoms with van der Waals surface area (Å²) in [7, 11) is 0. The lowest BCUT2D eigenvalue weighted by Gasteiger charge is -2.21. The van der Waals surface area contributed by atoms with E-state index in [1.54, 1.807) is 6.20 Å². The topological polar surface area (TPSA) is 52.5 Å². The number of aromatic nitrogens is 2. The first kappa shape index (κ1) is 9.79. The van der Waals surface area contributed by atoms with Crippen molar-refractivity contribution in [1.29, 1.82) is 5.26 Å². The second kappa shape index (κ2) is 5.36. The van der Waals surface area contributed by atoms with Crippen LogP contribution in [0.5, 0.6) is 0 Å². The standard InChI is InChI=1S/C6H9N.C4H6N2/c7-5-4-6-2-1-3-6;1-4-2-5-6-3-4/h6H,1-4H2;2-3H,1H3,(H,5,6). The van der Waals surface area contributed by atoms with E-state index in [2.05, 4.69) is 16.3 Å². The highest BCUT2D eigenvalue weighted by molar-refractivity contribution is 4.96. The molecular formula is C10H15N3. The number of hydrogen-bond donors (Lipinski definition) is 1. The van der Waals surface area contributed by atoms with Gasteiger partial charge in [0.15, 0.2) is 0 Å². The monoisotopic (exact) mass is 177 g/mol. The van der Waals surface area contributed by atoms with Gasteiger partial charge in [-0.25, -0.2) is 0 Å². The second-order valence-corrected chi connectivity index (χ2v) is 3.43. The first-order valence-corrected chi connectivity index (χ1v) is 4.65. The largest absolute Gasteiger partial charge is 0.285 e. The van der Waals surface area contributed by atoms with Gasteiger partial charge < -0.3 is 0 Å². The van der Waals surface area contributed by atoms with Gasteiger partial charge >= 0.3 is 0 Å². The summed E-state index contributed by atoms with van der Waals surface area (Å²) in [6.45, 7) is 1.99. The van der Waals surface area contributed by atoms with Crippen LogP contribution in [0.4, 0.5) is 0 Å². The van der Waals surface area contributed by atoms with Crippen LogP contribution in [0.25, 0.3) is 0 Å². The fourth-order valence-electron chi connectivity index (χ4n) is 1.14. The van der Waals surface area contributed by atoms with E-state index in [4.69, 9.17) is 5.26 Å². The summed E-state index contributed by atoms with van der Waals surface area (Å²) in [6.07, 6.45) is 8.37. The Bertz CT molecular complexity index is 254. The number of nitrogens with zero attached hydrogens (tertiary/aromatic N) is 2. The van der Waals surface area contributed by atoms with E-state index in [0.717, 1.165) is 12.3 Å². The highest BCUT2D eigenvalue weighted by atomic mass is 15.1. The molecule has 1 heterocycles. The predicted octanol–water partition coefficient (Wildman–Crippen LogP) is 2.42. The van der Waals surface area contributed by atoms with E-state index in [1.807, 2.05) is 13.1 Å². The molecule has 0 radical (unpaired) electrons. The van der Waals surface area contributed by atoms with Gasteiger partial charge in [-0.15, -0.1) is 0 Å². The maximum Gasteiger partial charge on any atom is 0.0624 e. The molecule has 0 amide bonds. The Morgan fingerprint density at radius 3 is 2.62 bits per heavy atom. The Morgan fingerprint density at radius 2 is 2.46 bits per heavy atom. The van der Waals surface area contributed by atoms with Crippen molar-refractivity contribution in [2.75, 3.05) is 0 Å². The van der Waals surface area contributed by atoms with Crippen molar-refractivity contribution in [1.82, 2.24) is 10.2 Å². The lowest BCUT2D eigenvalue weighted by Crippen LogP contribution is -2.08. The van der Waals surface area contributed by atoms with Crippen LogP contribution in [0.15, 0.2) is 12.4 Å². The molecule has 1 fully saturated rings. The molecule has 13 heavy (non-hydrogen) atoms. The fraction of sp³-hybridized carbons (Fsp3) is 0.600. The third kappa shape index (κ3) is 3.75. The third-order valence-corrected chi connectivity index (χ3v) is 2.24. The van der Waals surface area contributed by atoms with Crippen molar-refractivity contribution in [2.45, 2.75) is 32.6 Å². The van der Waals surface area contributed by atoms with E-state index in [0.29, 0.717) is 0 Å². The Morgan fingerprint density at radius 1 is 1.69 bits per heavy atom. The Balaban J connectivity index is 0.000000132. The summed E-state index contributed by atoms with van der Waals surface area (Å²) < 4.78 is 0. The van der Waals surface area contributed by atoms with Gasteiger partial charge in [-0.2, -0.15) is 10.4 Å².